The Morgan fingerprint density at radius 1 is 0.902 bits per heavy atom. The zero-order valence-corrected chi connectivity index (χ0v) is 25.3. The van der Waals surface area contributed by atoms with Gasteiger partial charge in [0.05, 0.1) is 17.0 Å². The van der Waals surface area contributed by atoms with Gasteiger partial charge < -0.3 is 5.32 Å². The van der Waals surface area contributed by atoms with Crippen molar-refractivity contribution in [2.45, 2.75) is 49.7 Å². The standard InChI is InChI=1S/C34H32Cl2N2O2S/c1-23-9-6-7-14-32(23)41(40)38-31(26-15-17-28(35)18-16-26)20-19-30(33(38)27-12-8-13-29(36)22-27)34(39)37-24(2)21-25-10-4-3-5-11-25/h3-19,22,24,31,33H,20-21H2,1-2H3,(H,37,39). The summed E-state index contributed by atoms with van der Waals surface area (Å²) < 4.78 is 16.5. The molecule has 0 fully saturated rings. The number of nitrogens with one attached hydrogen (secondary N) is 1. The molecule has 0 aliphatic carbocycles. The minimum atomic E-state index is -1.60. The largest absolute Gasteiger partial charge is 0.349 e. The molecular weight excluding hydrogens is 571 g/mol. The highest BCUT2D eigenvalue weighted by Crippen LogP contribution is 2.45. The molecule has 4 aromatic rings. The van der Waals surface area contributed by atoms with E-state index in [2.05, 4.69) is 17.4 Å². The van der Waals surface area contributed by atoms with Gasteiger partial charge in [-0.15, -0.1) is 0 Å². The zero-order valence-electron chi connectivity index (χ0n) is 23.0. The molecule has 0 aromatic heterocycles. The Hall–Kier alpha value is -3.22. The molecule has 1 N–H and O–H groups in total. The summed E-state index contributed by atoms with van der Waals surface area (Å²) in [6, 6.07) is 31.9. The second-order valence-electron chi connectivity index (χ2n) is 10.4. The van der Waals surface area contributed by atoms with Gasteiger partial charge in [-0.1, -0.05) is 102 Å². The number of carbonyl (C=O) groups excluding carboxylic acids is 1. The van der Waals surface area contributed by atoms with Crippen LogP contribution in [0.5, 0.6) is 0 Å². The molecule has 1 heterocycles. The second-order valence-corrected chi connectivity index (χ2v) is 12.6. The van der Waals surface area contributed by atoms with Crippen molar-refractivity contribution in [1.29, 1.82) is 0 Å². The van der Waals surface area contributed by atoms with Gasteiger partial charge in [0.1, 0.15) is 11.0 Å². The van der Waals surface area contributed by atoms with Crippen molar-refractivity contribution in [3.05, 3.63) is 147 Å². The molecule has 4 nitrogen and oxygen atoms in total. The van der Waals surface area contributed by atoms with E-state index in [0.717, 1.165) is 22.3 Å². The Bertz CT molecular complexity index is 1570. The van der Waals surface area contributed by atoms with Gasteiger partial charge in [-0.05, 0) is 79.3 Å². The topological polar surface area (TPSA) is 49.4 Å². The van der Waals surface area contributed by atoms with Crippen LogP contribution >= 0.6 is 23.2 Å². The summed E-state index contributed by atoms with van der Waals surface area (Å²) in [7, 11) is -1.60. The Morgan fingerprint density at radius 3 is 2.32 bits per heavy atom. The van der Waals surface area contributed by atoms with E-state index in [-0.39, 0.29) is 18.0 Å². The molecular formula is C34H32Cl2N2O2S. The van der Waals surface area contributed by atoms with Crippen LogP contribution in [0.25, 0.3) is 0 Å². The maximum atomic E-state index is 14.6. The van der Waals surface area contributed by atoms with E-state index in [9.17, 15) is 9.00 Å². The first-order valence-electron chi connectivity index (χ1n) is 13.6. The van der Waals surface area contributed by atoms with E-state index in [1.165, 1.54) is 0 Å². The van der Waals surface area contributed by atoms with Crippen molar-refractivity contribution in [1.82, 2.24) is 9.62 Å². The molecule has 0 saturated heterocycles. The molecule has 4 unspecified atom stereocenters. The lowest BCUT2D eigenvalue weighted by Crippen LogP contribution is -2.44. The number of nitrogens with zero attached hydrogens (tertiary/aromatic N) is 1. The predicted molar refractivity (Wildman–Crippen MR) is 168 cm³/mol. The Kier molecular flexibility index (Phi) is 9.41. The summed E-state index contributed by atoms with van der Waals surface area (Å²) in [4.78, 5) is 14.7. The van der Waals surface area contributed by atoms with Crippen LogP contribution in [0.4, 0.5) is 0 Å². The fraction of sp³-hybridized carbons (Fsp3) is 0.206. The van der Waals surface area contributed by atoms with Crippen LogP contribution in [0, 0.1) is 6.92 Å². The highest BCUT2D eigenvalue weighted by Gasteiger charge is 2.41. The first-order chi connectivity index (χ1) is 19.8. The SMILES string of the molecule is Cc1ccccc1S(=O)N1C(c2ccc(Cl)cc2)CC=C(C(=O)NC(C)Cc2ccccc2)C1c1cccc(Cl)c1. The lowest BCUT2D eigenvalue weighted by atomic mass is 9.88. The van der Waals surface area contributed by atoms with Gasteiger partial charge in [-0.25, -0.2) is 8.51 Å². The van der Waals surface area contributed by atoms with Crippen molar-refractivity contribution >= 4 is 40.1 Å². The number of amides is 1. The quantitative estimate of drug-likeness (QED) is 0.221. The number of rotatable bonds is 8. The summed E-state index contributed by atoms with van der Waals surface area (Å²) in [6.45, 7) is 3.96. The number of aryl methyl sites for hydroxylation is 1. The lowest BCUT2D eigenvalue weighted by Gasteiger charge is -2.41. The molecule has 1 aliphatic heterocycles. The maximum Gasteiger partial charge on any atom is 0.249 e. The fourth-order valence-corrected chi connectivity index (χ4v) is 7.32. The van der Waals surface area contributed by atoms with Crippen molar-refractivity contribution in [3.63, 3.8) is 0 Å². The molecule has 5 rings (SSSR count). The van der Waals surface area contributed by atoms with E-state index < -0.39 is 17.0 Å². The van der Waals surface area contributed by atoms with E-state index in [0.29, 0.717) is 33.4 Å². The first kappa shape index (κ1) is 29.3. The molecule has 0 bridgehead atoms. The average Bonchev–Trinajstić information content (AvgIpc) is 2.97. The van der Waals surface area contributed by atoms with Crippen LogP contribution in [0.1, 0.15) is 47.7 Å². The summed E-state index contributed by atoms with van der Waals surface area (Å²) in [5.74, 6) is -0.181. The summed E-state index contributed by atoms with van der Waals surface area (Å²) >= 11 is 12.7. The third-order valence-corrected chi connectivity index (χ3v) is 9.50. The number of hydrogen-bond acceptors (Lipinski definition) is 2. The Morgan fingerprint density at radius 2 is 1.61 bits per heavy atom. The van der Waals surface area contributed by atoms with Crippen LogP contribution in [0.15, 0.2) is 120 Å². The molecule has 0 spiro atoms. The van der Waals surface area contributed by atoms with E-state index in [1.807, 2.05) is 109 Å². The molecule has 4 atom stereocenters. The molecule has 1 amide bonds. The van der Waals surface area contributed by atoms with E-state index in [1.54, 1.807) is 6.07 Å². The van der Waals surface area contributed by atoms with Gasteiger partial charge in [0, 0.05) is 21.7 Å². The highest BCUT2D eigenvalue weighted by molar-refractivity contribution is 7.82. The monoisotopic (exact) mass is 602 g/mol. The Balaban J connectivity index is 1.59. The predicted octanol–water partition coefficient (Wildman–Crippen LogP) is 8.19. The normalized spacial score (nSPS) is 18.8. The molecule has 7 heteroatoms. The van der Waals surface area contributed by atoms with Crippen LogP contribution in [0.3, 0.4) is 0 Å². The van der Waals surface area contributed by atoms with Crippen LogP contribution in [-0.2, 0) is 22.2 Å². The fourth-order valence-electron chi connectivity index (χ4n) is 5.36. The number of carbonyl (C=O) groups is 1. The summed E-state index contributed by atoms with van der Waals surface area (Å²) in [6.07, 6.45) is 3.20. The van der Waals surface area contributed by atoms with Gasteiger partial charge in [0.15, 0.2) is 0 Å². The third kappa shape index (κ3) is 6.82. The minimum Gasteiger partial charge on any atom is -0.349 e. The van der Waals surface area contributed by atoms with Crippen molar-refractivity contribution in [2.75, 3.05) is 0 Å². The number of hydrogen-bond donors (Lipinski definition) is 1. The number of halogens is 2. The first-order valence-corrected chi connectivity index (χ1v) is 15.5. The smallest absolute Gasteiger partial charge is 0.249 e. The summed E-state index contributed by atoms with van der Waals surface area (Å²) in [5, 5.41) is 4.38. The maximum absolute atomic E-state index is 14.6. The average molecular weight is 604 g/mol. The molecule has 1 aliphatic rings. The zero-order chi connectivity index (χ0) is 28.9. The van der Waals surface area contributed by atoms with Crippen LogP contribution in [-0.4, -0.2) is 20.5 Å². The van der Waals surface area contributed by atoms with Gasteiger partial charge >= 0.3 is 0 Å². The van der Waals surface area contributed by atoms with Crippen LogP contribution in [0.2, 0.25) is 10.0 Å². The van der Waals surface area contributed by atoms with Crippen molar-refractivity contribution < 1.29 is 9.00 Å². The minimum absolute atomic E-state index is 0.102. The van der Waals surface area contributed by atoms with Crippen molar-refractivity contribution in [3.8, 4) is 0 Å². The Labute approximate surface area is 254 Å². The van der Waals surface area contributed by atoms with E-state index in [4.69, 9.17) is 23.2 Å². The lowest BCUT2D eigenvalue weighted by molar-refractivity contribution is -0.118. The molecule has 41 heavy (non-hydrogen) atoms. The van der Waals surface area contributed by atoms with Crippen LogP contribution < -0.4 is 5.32 Å². The molecule has 0 radical (unpaired) electrons. The third-order valence-electron chi connectivity index (χ3n) is 7.33. The van der Waals surface area contributed by atoms with Gasteiger partial charge in [0.25, 0.3) is 0 Å². The van der Waals surface area contributed by atoms with Gasteiger partial charge in [-0.2, -0.15) is 0 Å². The highest BCUT2D eigenvalue weighted by atomic mass is 35.5. The molecule has 4 aromatic carbocycles. The molecule has 0 saturated carbocycles. The van der Waals surface area contributed by atoms with Crippen molar-refractivity contribution in [2.24, 2.45) is 0 Å². The second kappa shape index (κ2) is 13.2. The van der Waals surface area contributed by atoms with E-state index >= 15 is 0 Å². The van der Waals surface area contributed by atoms with Gasteiger partial charge in [-0.3, -0.25) is 4.79 Å². The molecule has 210 valence electrons. The summed E-state index contributed by atoms with van der Waals surface area (Å²) in [5.41, 5.74) is 4.39. The number of benzene rings is 4. The van der Waals surface area contributed by atoms with Gasteiger partial charge in [0.2, 0.25) is 5.91 Å².